The van der Waals surface area contributed by atoms with Crippen molar-refractivity contribution in [3.05, 3.63) is 41.4 Å². The molecular weight excluding hydrogens is 246 g/mol. The van der Waals surface area contributed by atoms with Gasteiger partial charge in [-0.3, -0.25) is 0 Å². The van der Waals surface area contributed by atoms with E-state index in [4.69, 9.17) is 17.3 Å². The molecule has 5 heteroatoms. The maximum atomic E-state index is 11.7. The van der Waals surface area contributed by atoms with Crippen LogP contribution in [0.5, 0.6) is 0 Å². The van der Waals surface area contributed by atoms with Crippen LogP contribution in [0.3, 0.4) is 0 Å². The van der Waals surface area contributed by atoms with Crippen molar-refractivity contribution < 1.29 is 8.42 Å². The molecule has 1 aromatic carbocycles. The first kappa shape index (κ1) is 13.2. The predicted molar refractivity (Wildman–Crippen MR) is 66.2 cm³/mol. The smallest absolute Gasteiger partial charge is 0.183 e. The minimum Gasteiger partial charge on any atom is -0.330 e. The fourth-order valence-electron chi connectivity index (χ4n) is 1.32. The van der Waals surface area contributed by atoms with Crippen molar-refractivity contribution in [2.45, 2.75) is 11.3 Å². The predicted octanol–water partition coefficient (Wildman–Crippen LogP) is 1.71. The molecule has 0 amide bonds. The first-order chi connectivity index (χ1) is 7.45. The van der Waals surface area contributed by atoms with Crippen LogP contribution in [-0.2, 0) is 16.3 Å². The highest BCUT2D eigenvalue weighted by Crippen LogP contribution is 2.15. The van der Waals surface area contributed by atoms with E-state index in [1.54, 1.807) is 24.3 Å². The molecule has 0 bridgehead atoms. The van der Waals surface area contributed by atoms with Crippen LogP contribution in [0.4, 0.5) is 0 Å². The van der Waals surface area contributed by atoms with Gasteiger partial charge in [0.05, 0.1) is 10.6 Å². The molecule has 0 heterocycles. The maximum Gasteiger partial charge on any atom is 0.183 e. The summed E-state index contributed by atoms with van der Waals surface area (Å²) in [5.74, 6) is -0.231. The van der Waals surface area contributed by atoms with Gasteiger partial charge in [-0.1, -0.05) is 30.3 Å². The number of benzene rings is 1. The quantitative estimate of drug-likeness (QED) is 0.876. The molecule has 0 saturated carbocycles. The molecule has 0 aliphatic rings. The standard InChI is InChI=1S/C11H14ClNO2S/c1-9(12)8-16(14,15)11-4-2-10(3-5-11)6-7-13/h2-5H,1,6-8,13H2. The van der Waals surface area contributed by atoms with Crippen molar-refractivity contribution in [1.29, 1.82) is 0 Å². The summed E-state index contributed by atoms with van der Waals surface area (Å²) in [4.78, 5) is 0.259. The second kappa shape index (κ2) is 5.48. The summed E-state index contributed by atoms with van der Waals surface area (Å²) in [6, 6.07) is 6.66. The molecule has 1 rings (SSSR count). The topological polar surface area (TPSA) is 60.2 Å². The van der Waals surface area contributed by atoms with Crippen LogP contribution in [0, 0.1) is 0 Å². The van der Waals surface area contributed by atoms with Gasteiger partial charge in [0.15, 0.2) is 9.84 Å². The zero-order valence-corrected chi connectivity index (χ0v) is 10.4. The maximum absolute atomic E-state index is 11.7. The highest BCUT2D eigenvalue weighted by Gasteiger charge is 2.14. The van der Waals surface area contributed by atoms with Crippen LogP contribution < -0.4 is 5.73 Å². The first-order valence-electron chi connectivity index (χ1n) is 4.81. The van der Waals surface area contributed by atoms with Crippen molar-refractivity contribution in [2.24, 2.45) is 5.73 Å². The summed E-state index contributed by atoms with van der Waals surface area (Å²) in [7, 11) is -3.35. The average molecular weight is 260 g/mol. The highest BCUT2D eigenvalue weighted by molar-refractivity contribution is 7.91. The number of rotatable bonds is 5. The van der Waals surface area contributed by atoms with Crippen LogP contribution in [-0.4, -0.2) is 20.7 Å². The zero-order chi connectivity index (χ0) is 12.2. The van der Waals surface area contributed by atoms with E-state index in [9.17, 15) is 8.42 Å². The molecule has 0 fully saturated rings. The third-order valence-electron chi connectivity index (χ3n) is 2.06. The van der Waals surface area contributed by atoms with Gasteiger partial charge in [0.1, 0.15) is 0 Å². The van der Waals surface area contributed by atoms with E-state index in [0.717, 1.165) is 12.0 Å². The van der Waals surface area contributed by atoms with Crippen molar-refractivity contribution in [3.63, 3.8) is 0 Å². The Kier molecular flexibility index (Phi) is 4.53. The van der Waals surface area contributed by atoms with E-state index in [2.05, 4.69) is 6.58 Å². The first-order valence-corrected chi connectivity index (χ1v) is 6.84. The van der Waals surface area contributed by atoms with Gasteiger partial charge in [-0.15, -0.1) is 0 Å². The summed E-state index contributed by atoms with van der Waals surface area (Å²) >= 11 is 5.50. The van der Waals surface area contributed by atoms with E-state index in [0.29, 0.717) is 6.54 Å². The van der Waals surface area contributed by atoms with Gasteiger partial charge in [0.2, 0.25) is 0 Å². The Morgan fingerprint density at radius 2 is 1.88 bits per heavy atom. The van der Waals surface area contributed by atoms with Crippen molar-refractivity contribution in [3.8, 4) is 0 Å². The van der Waals surface area contributed by atoms with E-state index in [-0.39, 0.29) is 15.7 Å². The molecule has 0 unspecified atom stereocenters. The molecule has 88 valence electrons. The molecule has 0 atom stereocenters. The fourth-order valence-corrected chi connectivity index (χ4v) is 2.88. The second-order valence-electron chi connectivity index (χ2n) is 3.46. The molecule has 0 aromatic heterocycles. The van der Waals surface area contributed by atoms with Gasteiger partial charge in [0, 0.05) is 5.03 Å². The van der Waals surface area contributed by atoms with Crippen LogP contribution in [0.25, 0.3) is 0 Å². The van der Waals surface area contributed by atoms with E-state index >= 15 is 0 Å². The minimum atomic E-state index is -3.35. The van der Waals surface area contributed by atoms with Gasteiger partial charge in [-0.25, -0.2) is 8.42 Å². The second-order valence-corrected chi connectivity index (χ2v) is 5.98. The molecular formula is C11H14ClNO2S. The van der Waals surface area contributed by atoms with Crippen LogP contribution in [0.2, 0.25) is 0 Å². The molecule has 0 radical (unpaired) electrons. The lowest BCUT2D eigenvalue weighted by Crippen LogP contribution is -2.07. The Labute approximate surface area is 101 Å². The molecule has 2 N–H and O–H groups in total. The van der Waals surface area contributed by atoms with Gasteiger partial charge in [-0.05, 0) is 30.7 Å². The lowest BCUT2D eigenvalue weighted by Gasteiger charge is -2.04. The Balaban J connectivity index is 2.93. The number of hydrogen-bond acceptors (Lipinski definition) is 3. The summed E-state index contributed by atoms with van der Waals surface area (Å²) in [5, 5.41) is 0.117. The summed E-state index contributed by atoms with van der Waals surface area (Å²) in [6.45, 7) is 3.93. The van der Waals surface area contributed by atoms with E-state index in [1.165, 1.54) is 0 Å². The average Bonchev–Trinajstić information content (AvgIpc) is 2.17. The van der Waals surface area contributed by atoms with E-state index in [1.807, 2.05) is 0 Å². The number of halogens is 1. The third-order valence-corrected chi connectivity index (χ3v) is 4.07. The van der Waals surface area contributed by atoms with Gasteiger partial charge < -0.3 is 5.73 Å². The van der Waals surface area contributed by atoms with Gasteiger partial charge in [0.25, 0.3) is 0 Å². The number of nitrogens with two attached hydrogens (primary N) is 1. The molecule has 16 heavy (non-hydrogen) atoms. The Hall–Kier alpha value is -0.840. The number of hydrogen-bond donors (Lipinski definition) is 1. The Bertz CT molecular complexity index is 465. The van der Waals surface area contributed by atoms with Crippen LogP contribution in [0.15, 0.2) is 40.8 Å². The summed E-state index contributed by atoms with van der Waals surface area (Å²) in [6.07, 6.45) is 0.739. The largest absolute Gasteiger partial charge is 0.330 e. The van der Waals surface area contributed by atoms with E-state index < -0.39 is 9.84 Å². The molecule has 0 saturated heterocycles. The third kappa shape index (κ3) is 3.63. The van der Waals surface area contributed by atoms with Crippen molar-refractivity contribution in [2.75, 3.05) is 12.3 Å². The molecule has 0 aliphatic heterocycles. The van der Waals surface area contributed by atoms with Crippen molar-refractivity contribution >= 4 is 21.4 Å². The highest BCUT2D eigenvalue weighted by atomic mass is 35.5. The molecule has 1 aromatic rings. The fraction of sp³-hybridized carbons (Fsp3) is 0.273. The minimum absolute atomic E-state index is 0.117. The summed E-state index contributed by atoms with van der Waals surface area (Å²) < 4.78 is 23.5. The van der Waals surface area contributed by atoms with Crippen LogP contribution >= 0.6 is 11.6 Å². The normalized spacial score (nSPS) is 11.4. The number of sulfone groups is 1. The monoisotopic (exact) mass is 259 g/mol. The van der Waals surface area contributed by atoms with Crippen molar-refractivity contribution in [1.82, 2.24) is 0 Å². The molecule has 3 nitrogen and oxygen atoms in total. The Morgan fingerprint density at radius 1 is 1.31 bits per heavy atom. The van der Waals surface area contributed by atoms with Gasteiger partial charge in [-0.2, -0.15) is 0 Å². The Morgan fingerprint density at radius 3 is 2.31 bits per heavy atom. The zero-order valence-electron chi connectivity index (χ0n) is 8.82. The van der Waals surface area contributed by atoms with Crippen LogP contribution in [0.1, 0.15) is 5.56 Å². The molecule has 0 spiro atoms. The lowest BCUT2D eigenvalue weighted by molar-refractivity contribution is 0.598. The SMILES string of the molecule is C=C(Cl)CS(=O)(=O)c1ccc(CCN)cc1. The lowest BCUT2D eigenvalue weighted by atomic mass is 10.2. The van der Waals surface area contributed by atoms with Gasteiger partial charge >= 0.3 is 0 Å². The molecule has 0 aliphatic carbocycles. The summed E-state index contributed by atoms with van der Waals surface area (Å²) in [5.41, 5.74) is 6.42.